The number of halogens is 1. The number of aliphatic hydroxyl groups excluding tert-OH is 1. The zero-order valence-corrected chi connectivity index (χ0v) is 12.3. The highest BCUT2D eigenvalue weighted by molar-refractivity contribution is 9.10. The highest BCUT2D eigenvalue weighted by Crippen LogP contribution is 2.22. The van der Waals surface area contributed by atoms with Gasteiger partial charge < -0.3 is 5.11 Å². The van der Waals surface area contributed by atoms with E-state index in [4.69, 9.17) is 5.11 Å². The van der Waals surface area contributed by atoms with Gasteiger partial charge in [-0.05, 0) is 24.6 Å². The molecular formula is C11H16BrNO3S. The fraction of sp³-hybridized carbons (Fsp3) is 0.455. The van der Waals surface area contributed by atoms with Crippen molar-refractivity contribution in [3.8, 4) is 0 Å². The summed E-state index contributed by atoms with van der Waals surface area (Å²) >= 11 is 3.32. The third-order valence-corrected chi connectivity index (χ3v) is 5.31. The van der Waals surface area contributed by atoms with Crippen LogP contribution in [-0.4, -0.2) is 37.5 Å². The van der Waals surface area contributed by atoms with Gasteiger partial charge >= 0.3 is 0 Å². The molecule has 1 aromatic carbocycles. The minimum atomic E-state index is -3.51. The van der Waals surface area contributed by atoms with Crippen LogP contribution < -0.4 is 0 Å². The van der Waals surface area contributed by atoms with E-state index in [1.165, 1.54) is 4.31 Å². The van der Waals surface area contributed by atoms with E-state index in [-0.39, 0.29) is 18.0 Å². The average molecular weight is 322 g/mol. The van der Waals surface area contributed by atoms with E-state index in [0.29, 0.717) is 6.54 Å². The van der Waals surface area contributed by atoms with E-state index >= 15 is 0 Å². The van der Waals surface area contributed by atoms with E-state index < -0.39 is 10.0 Å². The van der Waals surface area contributed by atoms with Gasteiger partial charge in [-0.25, -0.2) is 8.42 Å². The van der Waals surface area contributed by atoms with Crippen molar-refractivity contribution in [3.05, 3.63) is 28.2 Å². The number of aryl methyl sites for hydroxylation is 1. The van der Waals surface area contributed by atoms with Crippen LogP contribution in [-0.2, 0) is 10.0 Å². The zero-order chi connectivity index (χ0) is 13.1. The van der Waals surface area contributed by atoms with Gasteiger partial charge in [0.2, 0.25) is 10.0 Å². The third kappa shape index (κ3) is 3.28. The summed E-state index contributed by atoms with van der Waals surface area (Å²) in [7, 11) is -3.51. The summed E-state index contributed by atoms with van der Waals surface area (Å²) in [4.78, 5) is 0.241. The molecular weight excluding hydrogens is 306 g/mol. The number of aliphatic hydroxyl groups is 1. The molecule has 0 aliphatic carbocycles. The Balaban J connectivity index is 3.15. The average Bonchev–Trinajstić information content (AvgIpc) is 2.29. The topological polar surface area (TPSA) is 57.6 Å². The molecule has 0 amide bonds. The van der Waals surface area contributed by atoms with E-state index in [0.717, 1.165) is 10.0 Å². The fourth-order valence-corrected chi connectivity index (χ4v) is 3.44. The fourth-order valence-electron chi connectivity index (χ4n) is 1.44. The lowest BCUT2D eigenvalue weighted by Gasteiger charge is -2.19. The molecule has 17 heavy (non-hydrogen) atoms. The van der Waals surface area contributed by atoms with E-state index in [2.05, 4.69) is 15.9 Å². The molecule has 0 aliphatic heterocycles. The van der Waals surface area contributed by atoms with Crippen LogP contribution in [0.1, 0.15) is 12.5 Å². The monoisotopic (exact) mass is 321 g/mol. The minimum absolute atomic E-state index is 0.115. The van der Waals surface area contributed by atoms with Gasteiger partial charge in [0.25, 0.3) is 0 Å². The van der Waals surface area contributed by atoms with Crippen LogP contribution in [0.3, 0.4) is 0 Å². The second kappa shape index (κ2) is 5.95. The van der Waals surface area contributed by atoms with Crippen molar-refractivity contribution in [1.82, 2.24) is 4.31 Å². The van der Waals surface area contributed by atoms with E-state index in [1.54, 1.807) is 25.1 Å². The Hall–Kier alpha value is -0.430. The van der Waals surface area contributed by atoms with Gasteiger partial charge in [-0.1, -0.05) is 28.9 Å². The summed E-state index contributed by atoms with van der Waals surface area (Å²) in [6, 6.07) is 4.92. The smallest absolute Gasteiger partial charge is 0.243 e. The van der Waals surface area contributed by atoms with E-state index in [1.807, 2.05) is 6.92 Å². The summed E-state index contributed by atoms with van der Waals surface area (Å²) in [5.41, 5.74) is 0.981. The summed E-state index contributed by atoms with van der Waals surface area (Å²) in [5, 5.41) is 8.86. The minimum Gasteiger partial charge on any atom is -0.395 e. The SMILES string of the molecule is CCN(CCO)S(=O)(=O)c1ccc(C)c(Br)c1. The zero-order valence-electron chi connectivity index (χ0n) is 9.85. The van der Waals surface area contributed by atoms with Crippen molar-refractivity contribution < 1.29 is 13.5 Å². The largest absolute Gasteiger partial charge is 0.395 e. The molecule has 0 fully saturated rings. The number of hydrogen-bond donors (Lipinski definition) is 1. The van der Waals surface area contributed by atoms with Crippen molar-refractivity contribution in [2.45, 2.75) is 18.7 Å². The second-order valence-electron chi connectivity index (χ2n) is 3.63. The van der Waals surface area contributed by atoms with Gasteiger partial charge in [-0.3, -0.25) is 0 Å². The van der Waals surface area contributed by atoms with Gasteiger partial charge in [0.15, 0.2) is 0 Å². The highest BCUT2D eigenvalue weighted by Gasteiger charge is 2.22. The number of likely N-dealkylation sites (N-methyl/N-ethyl adjacent to an activating group) is 1. The second-order valence-corrected chi connectivity index (χ2v) is 6.42. The van der Waals surface area contributed by atoms with Crippen LogP contribution in [0, 0.1) is 6.92 Å². The van der Waals surface area contributed by atoms with Crippen LogP contribution in [0.15, 0.2) is 27.6 Å². The lowest BCUT2D eigenvalue weighted by molar-refractivity contribution is 0.257. The number of benzene rings is 1. The molecule has 0 heterocycles. The first kappa shape index (κ1) is 14.6. The summed E-state index contributed by atoms with van der Waals surface area (Å²) in [5.74, 6) is 0. The van der Waals surface area contributed by atoms with Gasteiger partial charge in [-0.15, -0.1) is 0 Å². The highest BCUT2D eigenvalue weighted by atomic mass is 79.9. The summed E-state index contributed by atoms with van der Waals surface area (Å²) in [6.45, 7) is 3.92. The maximum absolute atomic E-state index is 12.2. The summed E-state index contributed by atoms with van der Waals surface area (Å²) in [6.07, 6.45) is 0. The molecule has 0 spiro atoms. The number of sulfonamides is 1. The molecule has 1 rings (SSSR count). The van der Waals surface area contributed by atoms with Gasteiger partial charge in [0.05, 0.1) is 11.5 Å². The predicted molar refractivity (Wildman–Crippen MR) is 70.4 cm³/mol. The van der Waals surface area contributed by atoms with Gasteiger partial charge in [-0.2, -0.15) is 4.31 Å². The Labute approximate surface area is 110 Å². The van der Waals surface area contributed by atoms with Crippen molar-refractivity contribution in [2.75, 3.05) is 19.7 Å². The molecule has 0 unspecified atom stereocenters. The first-order chi connectivity index (χ1) is 7.93. The molecule has 0 aliphatic rings. The molecule has 1 aromatic rings. The Morgan fingerprint density at radius 3 is 2.53 bits per heavy atom. The van der Waals surface area contributed by atoms with Gasteiger partial charge in [0, 0.05) is 17.6 Å². The van der Waals surface area contributed by atoms with Crippen molar-refractivity contribution in [1.29, 1.82) is 0 Å². The normalized spacial score (nSPS) is 12.1. The van der Waals surface area contributed by atoms with E-state index in [9.17, 15) is 8.42 Å². The Morgan fingerprint density at radius 2 is 2.06 bits per heavy atom. The number of hydrogen-bond acceptors (Lipinski definition) is 3. The van der Waals surface area contributed by atoms with Crippen molar-refractivity contribution in [3.63, 3.8) is 0 Å². The Bertz CT molecular complexity index is 487. The molecule has 0 saturated heterocycles. The quantitative estimate of drug-likeness (QED) is 0.899. The van der Waals surface area contributed by atoms with Crippen LogP contribution in [0.25, 0.3) is 0 Å². The van der Waals surface area contributed by atoms with Gasteiger partial charge in [0.1, 0.15) is 0 Å². The van der Waals surface area contributed by atoms with Crippen molar-refractivity contribution >= 4 is 26.0 Å². The third-order valence-electron chi connectivity index (χ3n) is 2.48. The first-order valence-corrected chi connectivity index (χ1v) is 7.54. The Morgan fingerprint density at radius 1 is 1.41 bits per heavy atom. The summed E-state index contributed by atoms with van der Waals surface area (Å²) < 4.78 is 26.4. The van der Waals surface area contributed by atoms with Crippen LogP contribution in [0.4, 0.5) is 0 Å². The molecule has 0 aromatic heterocycles. The van der Waals surface area contributed by atoms with Crippen LogP contribution >= 0.6 is 15.9 Å². The molecule has 96 valence electrons. The first-order valence-electron chi connectivity index (χ1n) is 5.30. The molecule has 4 nitrogen and oxygen atoms in total. The van der Waals surface area contributed by atoms with Crippen LogP contribution in [0.2, 0.25) is 0 Å². The molecule has 1 N–H and O–H groups in total. The molecule has 0 saturated carbocycles. The molecule has 0 bridgehead atoms. The Kier molecular flexibility index (Phi) is 5.12. The number of rotatable bonds is 5. The predicted octanol–water partition coefficient (Wildman–Crippen LogP) is 1.76. The maximum Gasteiger partial charge on any atom is 0.243 e. The van der Waals surface area contributed by atoms with Crippen molar-refractivity contribution in [2.24, 2.45) is 0 Å². The van der Waals surface area contributed by atoms with Crippen LogP contribution in [0.5, 0.6) is 0 Å². The number of nitrogens with zero attached hydrogens (tertiary/aromatic N) is 1. The molecule has 0 radical (unpaired) electrons. The standard InChI is InChI=1S/C11H16BrNO3S/c1-3-13(6-7-14)17(15,16)10-5-4-9(2)11(12)8-10/h4-5,8,14H,3,6-7H2,1-2H3. The molecule has 6 heteroatoms. The lowest BCUT2D eigenvalue weighted by atomic mass is 10.2. The lowest BCUT2D eigenvalue weighted by Crippen LogP contribution is -2.33. The molecule has 0 atom stereocenters. The maximum atomic E-state index is 12.2.